The predicted molar refractivity (Wildman–Crippen MR) is 102 cm³/mol. The number of nitrogens with zero attached hydrogens (tertiary/aromatic N) is 1. The quantitative estimate of drug-likeness (QED) is 0.703. The van der Waals surface area contributed by atoms with E-state index in [0.29, 0.717) is 17.3 Å². The molecule has 1 heterocycles. The zero-order valence-electron chi connectivity index (χ0n) is 14.7. The minimum absolute atomic E-state index is 0.356. The summed E-state index contributed by atoms with van der Waals surface area (Å²) in [6.45, 7) is 3.68. The normalized spacial score (nSPS) is 32.2. The molecule has 3 atom stereocenters. The Kier molecular flexibility index (Phi) is 2.91. The van der Waals surface area contributed by atoms with Gasteiger partial charge in [-0.05, 0) is 47.9 Å². The van der Waals surface area contributed by atoms with Gasteiger partial charge < -0.3 is 0 Å². The summed E-state index contributed by atoms with van der Waals surface area (Å²) in [6.07, 6.45) is 7.81. The van der Waals surface area contributed by atoms with Crippen molar-refractivity contribution in [1.29, 1.82) is 0 Å². The first kappa shape index (κ1) is 14.3. The molecule has 3 aliphatic carbocycles. The van der Waals surface area contributed by atoms with Gasteiger partial charge in [0.2, 0.25) is 0 Å². The van der Waals surface area contributed by atoms with E-state index in [1.807, 2.05) is 0 Å². The highest BCUT2D eigenvalue weighted by atomic mass is 15.2. The highest BCUT2D eigenvalue weighted by Crippen LogP contribution is 2.63. The number of allylic oxidation sites excluding steroid dienone is 1. The largest absolute Gasteiger partial charge is 0.298 e. The van der Waals surface area contributed by atoms with Crippen molar-refractivity contribution in [2.75, 3.05) is 19.6 Å². The number of fused-ring (bicyclic) bond motifs is 3. The summed E-state index contributed by atoms with van der Waals surface area (Å²) in [5.74, 6) is 1.29. The maximum Gasteiger partial charge on any atom is 0.0193 e. The summed E-state index contributed by atoms with van der Waals surface area (Å²) in [7, 11) is 0. The van der Waals surface area contributed by atoms with Gasteiger partial charge in [0.15, 0.2) is 0 Å². The summed E-state index contributed by atoms with van der Waals surface area (Å²) in [4.78, 5) is 2.77. The van der Waals surface area contributed by atoms with Crippen LogP contribution in [0.25, 0.3) is 0 Å². The molecule has 0 radical (unpaired) electrons. The van der Waals surface area contributed by atoms with Gasteiger partial charge in [-0.2, -0.15) is 0 Å². The number of hydrogen-bond donors (Lipinski definition) is 0. The Morgan fingerprint density at radius 1 is 0.960 bits per heavy atom. The first-order valence-corrected chi connectivity index (χ1v) is 9.94. The lowest BCUT2D eigenvalue weighted by Crippen LogP contribution is -2.35. The highest BCUT2D eigenvalue weighted by molar-refractivity contribution is 5.58. The lowest BCUT2D eigenvalue weighted by molar-refractivity contribution is 0.322. The maximum absolute atomic E-state index is 2.77. The third-order valence-corrected chi connectivity index (χ3v) is 7.36. The maximum atomic E-state index is 2.77. The second-order valence-corrected chi connectivity index (χ2v) is 8.61. The van der Waals surface area contributed by atoms with Crippen molar-refractivity contribution in [2.45, 2.75) is 42.9 Å². The minimum Gasteiger partial charge on any atom is -0.298 e. The molecular weight excluding hydrogens is 302 g/mol. The average Bonchev–Trinajstić information content (AvgIpc) is 3.35. The van der Waals surface area contributed by atoms with E-state index in [-0.39, 0.29) is 0 Å². The first-order chi connectivity index (χ1) is 12.4. The second kappa shape index (κ2) is 5.08. The van der Waals surface area contributed by atoms with Crippen molar-refractivity contribution in [3.63, 3.8) is 0 Å². The van der Waals surface area contributed by atoms with Crippen LogP contribution in [0.15, 0.2) is 60.2 Å². The van der Waals surface area contributed by atoms with Gasteiger partial charge in [-0.1, -0.05) is 60.2 Å². The summed E-state index contributed by atoms with van der Waals surface area (Å²) < 4.78 is 0. The fraction of sp³-hybridized carbons (Fsp3) is 0.417. The third-order valence-electron chi connectivity index (χ3n) is 7.36. The molecule has 25 heavy (non-hydrogen) atoms. The number of hydrogen-bond acceptors (Lipinski definition) is 1. The van der Waals surface area contributed by atoms with Gasteiger partial charge in [0.05, 0.1) is 0 Å². The van der Waals surface area contributed by atoms with Crippen LogP contribution < -0.4 is 0 Å². The Morgan fingerprint density at radius 3 is 2.60 bits per heavy atom. The van der Waals surface area contributed by atoms with Crippen LogP contribution in [0.2, 0.25) is 0 Å². The van der Waals surface area contributed by atoms with Gasteiger partial charge in [-0.3, -0.25) is 4.90 Å². The Bertz CT molecular complexity index is 868. The fourth-order valence-corrected chi connectivity index (χ4v) is 6.43. The van der Waals surface area contributed by atoms with Gasteiger partial charge in [0.1, 0.15) is 0 Å². The van der Waals surface area contributed by atoms with Crippen molar-refractivity contribution in [2.24, 2.45) is 0 Å². The lowest BCUT2D eigenvalue weighted by Gasteiger charge is -2.37. The lowest BCUT2D eigenvalue weighted by atomic mass is 9.65. The van der Waals surface area contributed by atoms with Crippen LogP contribution in [-0.2, 0) is 5.41 Å². The molecule has 1 nitrogen and oxygen atoms in total. The Hall–Kier alpha value is -1.86. The van der Waals surface area contributed by atoms with Crippen LogP contribution >= 0.6 is 0 Å². The number of likely N-dealkylation sites (tertiary alicyclic amines) is 1. The van der Waals surface area contributed by atoms with Crippen molar-refractivity contribution in [1.82, 2.24) is 4.90 Å². The third kappa shape index (κ3) is 1.88. The van der Waals surface area contributed by atoms with E-state index < -0.39 is 0 Å². The van der Waals surface area contributed by atoms with E-state index in [1.54, 1.807) is 27.8 Å². The molecule has 0 N–H and O–H groups in total. The number of rotatable bonds is 2. The summed E-state index contributed by atoms with van der Waals surface area (Å²) >= 11 is 0. The molecule has 2 aromatic carbocycles. The molecule has 0 amide bonds. The van der Waals surface area contributed by atoms with E-state index >= 15 is 0 Å². The van der Waals surface area contributed by atoms with E-state index in [9.17, 15) is 0 Å². The van der Waals surface area contributed by atoms with Crippen LogP contribution in [-0.4, -0.2) is 24.5 Å². The highest BCUT2D eigenvalue weighted by Gasteiger charge is 2.57. The smallest absolute Gasteiger partial charge is 0.0193 e. The average molecular weight is 327 g/mol. The molecule has 1 heteroatoms. The van der Waals surface area contributed by atoms with Gasteiger partial charge in [0, 0.05) is 36.9 Å². The van der Waals surface area contributed by atoms with E-state index in [2.05, 4.69) is 59.5 Å². The van der Waals surface area contributed by atoms with Crippen LogP contribution in [0.5, 0.6) is 0 Å². The number of benzene rings is 2. The first-order valence-electron chi connectivity index (χ1n) is 9.94. The molecular formula is C24H25N. The Labute approximate surface area is 150 Å². The molecule has 1 fully saturated rings. The Morgan fingerprint density at radius 2 is 1.76 bits per heavy atom. The standard InChI is InChI=1S/C24H25N/c1-2-8-17(7-1)14-25-15-23-19-10-4-3-9-18(19)21-13-24(23,16-25)22-12-6-5-11-20(21)22/h3-7,9-12,21,23H,1-2,8,13-16H2. The molecule has 0 saturated carbocycles. The minimum atomic E-state index is 0.356. The van der Waals surface area contributed by atoms with Crippen LogP contribution in [0.3, 0.4) is 0 Å². The molecule has 6 rings (SSSR count). The van der Waals surface area contributed by atoms with E-state index in [0.717, 1.165) is 0 Å². The summed E-state index contributed by atoms with van der Waals surface area (Å²) in [5.41, 5.74) is 8.55. The molecule has 0 aromatic heterocycles. The molecule has 4 aliphatic rings. The molecule has 3 unspecified atom stereocenters. The van der Waals surface area contributed by atoms with E-state index in [4.69, 9.17) is 0 Å². The topological polar surface area (TPSA) is 3.24 Å². The van der Waals surface area contributed by atoms with Crippen LogP contribution in [0, 0.1) is 0 Å². The molecule has 126 valence electrons. The zero-order chi connectivity index (χ0) is 16.4. The summed E-state index contributed by atoms with van der Waals surface area (Å²) in [6, 6.07) is 18.6. The molecule has 2 bridgehead atoms. The predicted octanol–water partition coefficient (Wildman–Crippen LogP) is 4.98. The molecule has 1 spiro atoms. The zero-order valence-corrected chi connectivity index (χ0v) is 14.7. The van der Waals surface area contributed by atoms with Gasteiger partial charge in [-0.15, -0.1) is 0 Å². The monoisotopic (exact) mass is 327 g/mol. The van der Waals surface area contributed by atoms with Crippen molar-refractivity contribution in [3.8, 4) is 0 Å². The van der Waals surface area contributed by atoms with Gasteiger partial charge >= 0.3 is 0 Å². The Balaban J connectivity index is 1.48. The second-order valence-electron chi connectivity index (χ2n) is 8.61. The SMILES string of the molecule is C1=C(CN2CC3c4ccccc4C4CC3(C2)c2ccccc24)CCC1. The van der Waals surface area contributed by atoms with Crippen LogP contribution in [0.1, 0.15) is 59.8 Å². The van der Waals surface area contributed by atoms with Crippen molar-refractivity contribution < 1.29 is 0 Å². The summed E-state index contributed by atoms with van der Waals surface area (Å²) in [5, 5.41) is 0. The molecule has 2 aromatic rings. The molecule has 1 saturated heterocycles. The molecule has 1 aliphatic heterocycles. The van der Waals surface area contributed by atoms with E-state index in [1.165, 1.54) is 45.3 Å². The van der Waals surface area contributed by atoms with Crippen LogP contribution in [0.4, 0.5) is 0 Å². The van der Waals surface area contributed by atoms with Crippen molar-refractivity contribution >= 4 is 0 Å². The van der Waals surface area contributed by atoms with Crippen molar-refractivity contribution in [3.05, 3.63) is 82.4 Å². The van der Waals surface area contributed by atoms with Gasteiger partial charge in [0.25, 0.3) is 0 Å². The van der Waals surface area contributed by atoms with Gasteiger partial charge in [-0.25, -0.2) is 0 Å². The fourth-order valence-electron chi connectivity index (χ4n) is 6.43.